The number of hydrogen-bond donors (Lipinski definition) is 1. The number of aryl methyl sites for hydroxylation is 1. The first-order valence-electron chi connectivity index (χ1n) is 8.54. The molecule has 0 saturated carbocycles. The Hall–Kier alpha value is -2.55. The molecule has 0 saturated heterocycles. The van der Waals surface area contributed by atoms with E-state index in [9.17, 15) is 9.90 Å². The Bertz CT molecular complexity index is 879. The highest BCUT2D eigenvalue weighted by atomic mass is 16.3. The predicted octanol–water partition coefficient (Wildman–Crippen LogP) is 5.29. The molecule has 124 valence electrons. The van der Waals surface area contributed by atoms with Crippen LogP contribution in [0.2, 0.25) is 0 Å². The summed E-state index contributed by atoms with van der Waals surface area (Å²) in [4.78, 5) is 12.5. The SMILES string of the molecule is CCCCCCc1cc2c(=O)cc(-c3ccccc3)oc2cc1O. The number of fused-ring (bicyclic) bond motifs is 1. The summed E-state index contributed by atoms with van der Waals surface area (Å²) >= 11 is 0. The first kappa shape index (κ1) is 16.3. The quantitative estimate of drug-likeness (QED) is 0.627. The number of rotatable bonds is 6. The smallest absolute Gasteiger partial charge is 0.193 e. The molecule has 3 nitrogen and oxygen atoms in total. The van der Waals surface area contributed by atoms with Crippen LogP contribution in [0.4, 0.5) is 0 Å². The van der Waals surface area contributed by atoms with Gasteiger partial charge < -0.3 is 9.52 Å². The van der Waals surface area contributed by atoms with Gasteiger partial charge in [-0.25, -0.2) is 0 Å². The summed E-state index contributed by atoms with van der Waals surface area (Å²) in [7, 11) is 0. The van der Waals surface area contributed by atoms with Gasteiger partial charge in [-0.15, -0.1) is 0 Å². The van der Waals surface area contributed by atoms with Crippen molar-refractivity contribution in [1.29, 1.82) is 0 Å². The van der Waals surface area contributed by atoms with Crippen molar-refractivity contribution in [3.05, 3.63) is 64.3 Å². The average molecular weight is 322 g/mol. The zero-order chi connectivity index (χ0) is 16.9. The van der Waals surface area contributed by atoms with E-state index >= 15 is 0 Å². The fourth-order valence-electron chi connectivity index (χ4n) is 2.92. The second kappa shape index (κ2) is 7.35. The minimum absolute atomic E-state index is 0.0788. The molecule has 0 spiro atoms. The lowest BCUT2D eigenvalue weighted by atomic mass is 10.0. The van der Waals surface area contributed by atoms with Gasteiger partial charge in [-0.05, 0) is 24.5 Å². The standard InChI is InChI=1S/C21H22O3/c1-2-3-4-6-11-16-12-17-19(23)14-20(15-9-7-5-8-10-15)24-21(17)13-18(16)22/h5,7-10,12-14,22H,2-4,6,11H2,1H3. The summed E-state index contributed by atoms with van der Waals surface area (Å²) in [6, 6.07) is 14.4. The maximum absolute atomic E-state index is 12.5. The van der Waals surface area contributed by atoms with E-state index in [1.54, 1.807) is 12.1 Å². The summed E-state index contributed by atoms with van der Waals surface area (Å²) in [6.45, 7) is 2.17. The van der Waals surface area contributed by atoms with Crippen molar-refractivity contribution >= 4 is 11.0 Å². The lowest BCUT2D eigenvalue weighted by Crippen LogP contribution is -2.01. The molecule has 0 atom stereocenters. The highest BCUT2D eigenvalue weighted by molar-refractivity contribution is 5.81. The third-order valence-corrected chi connectivity index (χ3v) is 4.29. The Labute approximate surface area is 141 Å². The Morgan fingerprint density at radius 2 is 1.79 bits per heavy atom. The third-order valence-electron chi connectivity index (χ3n) is 4.29. The number of unbranched alkanes of at least 4 members (excludes halogenated alkanes) is 3. The van der Waals surface area contributed by atoms with E-state index in [2.05, 4.69) is 6.92 Å². The van der Waals surface area contributed by atoms with Gasteiger partial charge in [-0.1, -0.05) is 56.5 Å². The van der Waals surface area contributed by atoms with Crippen LogP contribution in [0.5, 0.6) is 5.75 Å². The second-order valence-corrected chi connectivity index (χ2v) is 6.13. The molecule has 0 aliphatic carbocycles. The highest BCUT2D eigenvalue weighted by Crippen LogP contribution is 2.28. The topological polar surface area (TPSA) is 50.4 Å². The van der Waals surface area contributed by atoms with Crippen molar-refractivity contribution < 1.29 is 9.52 Å². The van der Waals surface area contributed by atoms with E-state index in [0.29, 0.717) is 16.7 Å². The van der Waals surface area contributed by atoms with Crippen LogP contribution in [-0.2, 0) is 6.42 Å². The van der Waals surface area contributed by atoms with E-state index in [1.807, 2.05) is 30.3 Å². The summed E-state index contributed by atoms with van der Waals surface area (Å²) in [5.74, 6) is 0.718. The van der Waals surface area contributed by atoms with Gasteiger partial charge in [-0.2, -0.15) is 0 Å². The molecule has 0 unspecified atom stereocenters. The Balaban J connectivity index is 1.96. The van der Waals surface area contributed by atoms with Crippen LogP contribution in [0, 0.1) is 0 Å². The van der Waals surface area contributed by atoms with Crippen molar-refractivity contribution in [1.82, 2.24) is 0 Å². The van der Waals surface area contributed by atoms with E-state index in [0.717, 1.165) is 30.4 Å². The lowest BCUT2D eigenvalue weighted by Gasteiger charge is -2.08. The molecule has 2 aromatic carbocycles. The number of benzene rings is 2. The second-order valence-electron chi connectivity index (χ2n) is 6.13. The van der Waals surface area contributed by atoms with Crippen LogP contribution in [0.1, 0.15) is 38.2 Å². The fourth-order valence-corrected chi connectivity index (χ4v) is 2.92. The maximum Gasteiger partial charge on any atom is 0.193 e. The van der Waals surface area contributed by atoms with Gasteiger partial charge >= 0.3 is 0 Å². The molecule has 3 heteroatoms. The predicted molar refractivity (Wildman–Crippen MR) is 97.4 cm³/mol. The van der Waals surface area contributed by atoms with Crippen molar-refractivity contribution in [3.8, 4) is 17.1 Å². The number of hydrogen-bond acceptors (Lipinski definition) is 3. The molecule has 1 aromatic heterocycles. The zero-order valence-corrected chi connectivity index (χ0v) is 13.9. The molecule has 0 radical (unpaired) electrons. The minimum atomic E-state index is -0.0788. The largest absolute Gasteiger partial charge is 0.508 e. The van der Waals surface area contributed by atoms with Crippen molar-refractivity contribution in [3.63, 3.8) is 0 Å². The Morgan fingerprint density at radius 1 is 1.00 bits per heavy atom. The van der Waals surface area contributed by atoms with Crippen molar-refractivity contribution in [2.24, 2.45) is 0 Å². The van der Waals surface area contributed by atoms with Gasteiger partial charge in [-0.3, -0.25) is 4.79 Å². The summed E-state index contributed by atoms with van der Waals surface area (Å²) in [5.41, 5.74) is 2.01. The normalized spacial score (nSPS) is 11.0. The highest BCUT2D eigenvalue weighted by Gasteiger charge is 2.11. The molecular weight excluding hydrogens is 300 g/mol. The number of aromatic hydroxyl groups is 1. The van der Waals surface area contributed by atoms with Gasteiger partial charge in [0.1, 0.15) is 17.1 Å². The first-order valence-corrected chi connectivity index (χ1v) is 8.54. The van der Waals surface area contributed by atoms with Crippen LogP contribution < -0.4 is 5.43 Å². The van der Waals surface area contributed by atoms with E-state index in [4.69, 9.17) is 4.42 Å². The van der Waals surface area contributed by atoms with Crippen LogP contribution in [0.15, 0.2) is 57.7 Å². The van der Waals surface area contributed by atoms with E-state index in [-0.39, 0.29) is 11.2 Å². The molecule has 3 rings (SSSR count). The minimum Gasteiger partial charge on any atom is -0.508 e. The van der Waals surface area contributed by atoms with Gasteiger partial charge in [0.15, 0.2) is 5.43 Å². The zero-order valence-electron chi connectivity index (χ0n) is 13.9. The van der Waals surface area contributed by atoms with E-state index < -0.39 is 0 Å². The Morgan fingerprint density at radius 3 is 2.54 bits per heavy atom. The molecule has 24 heavy (non-hydrogen) atoms. The summed E-state index contributed by atoms with van der Waals surface area (Å²) < 4.78 is 5.85. The summed E-state index contributed by atoms with van der Waals surface area (Å²) in [6.07, 6.45) is 5.30. The van der Waals surface area contributed by atoms with Crippen molar-refractivity contribution in [2.75, 3.05) is 0 Å². The van der Waals surface area contributed by atoms with Gasteiger partial charge in [0, 0.05) is 17.7 Å². The molecule has 0 fully saturated rings. The van der Waals surface area contributed by atoms with Crippen LogP contribution in [0.3, 0.4) is 0 Å². The molecule has 0 aliphatic heterocycles. The number of phenolic OH excluding ortho intramolecular Hbond substituents is 1. The van der Waals surface area contributed by atoms with Gasteiger partial charge in [0.05, 0.1) is 5.39 Å². The fraction of sp³-hybridized carbons (Fsp3) is 0.286. The molecule has 1 heterocycles. The molecular formula is C21H22O3. The molecule has 0 aliphatic rings. The molecule has 0 bridgehead atoms. The first-order chi connectivity index (χ1) is 11.7. The molecule has 1 N–H and O–H groups in total. The summed E-state index contributed by atoms with van der Waals surface area (Å²) in [5, 5.41) is 10.8. The van der Waals surface area contributed by atoms with Crippen LogP contribution >= 0.6 is 0 Å². The van der Waals surface area contributed by atoms with Crippen LogP contribution in [0.25, 0.3) is 22.3 Å². The van der Waals surface area contributed by atoms with Crippen LogP contribution in [-0.4, -0.2) is 5.11 Å². The van der Waals surface area contributed by atoms with Gasteiger partial charge in [0.25, 0.3) is 0 Å². The van der Waals surface area contributed by atoms with Crippen molar-refractivity contribution in [2.45, 2.75) is 39.0 Å². The Kier molecular flexibility index (Phi) is 4.99. The third kappa shape index (κ3) is 3.51. The molecule has 3 aromatic rings. The molecule has 0 amide bonds. The van der Waals surface area contributed by atoms with E-state index in [1.165, 1.54) is 18.9 Å². The average Bonchev–Trinajstić information content (AvgIpc) is 2.60. The maximum atomic E-state index is 12.5. The number of phenols is 1. The lowest BCUT2D eigenvalue weighted by molar-refractivity contribution is 0.465. The monoisotopic (exact) mass is 322 g/mol. The van der Waals surface area contributed by atoms with Gasteiger partial charge in [0.2, 0.25) is 0 Å².